The molecule has 0 aromatic heterocycles. The van der Waals surface area contributed by atoms with Crippen LogP contribution in [0.25, 0.3) is 0 Å². The highest BCUT2D eigenvalue weighted by Gasteiger charge is 2.27. The van der Waals surface area contributed by atoms with Crippen LogP contribution in [0, 0.1) is 0 Å². The Kier molecular flexibility index (Phi) is 4.52. The molecule has 1 saturated heterocycles. The van der Waals surface area contributed by atoms with Gasteiger partial charge in [-0.25, -0.2) is 8.78 Å². The third kappa shape index (κ3) is 3.75. The maximum atomic E-state index is 13.0. The van der Waals surface area contributed by atoms with Crippen LogP contribution in [0.2, 0.25) is 0 Å². The molecule has 0 radical (unpaired) electrons. The van der Waals surface area contributed by atoms with E-state index < -0.39 is 24.9 Å². The molecule has 0 saturated carbocycles. The second kappa shape index (κ2) is 6.17. The Labute approximate surface area is 121 Å². The minimum atomic E-state index is -3.13. The van der Waals surface area contributed by atoms with E-state index in [4.69, 9.17) is 5.73 Å². The Balaban J connectivity index is 2.06. The molecule has 1 aliphatic heterocycles. The summed E-state index contributed by atoms with van der Waals surface area (Å²) in [6.07, 6.45) is 1.26. The van der Waals surface area contributed by atoms with Gasteiger partial charge in [-0.05, 0) is 24.6 Å². The van der Waals surface area contributed by atoms with Gasteiger partial charge in [-0.3, -0.25) is 9.59 Å². The molecule has 21 heavy (non-hydrogen) atoms. The molecule has 114 valence electrons. The molecule has 2 rings (SSSR count). The largest absolute Gasteiger partial charge is 0.346 e. The number of rotatable bonds is 5. The van der Waals surface area contributed by atoms with Gasteiger partial charge in [0.25, 0.3) is 11.8 Å². The van der Waals surface area contributed by atoms with Crippen LogP contribution in [0.15, 0.2) is 24.3 Å². The quantitative estimate of drug-likeness (QED) is 0.855. The van der Waals surface area contributed by atoms with Crippen LogP contribution in [-0.4, -0.2) is 37.4 Å². The Hall–Kier alpha value is -2.02. The fourth-order valence-electron chi connectivity index (χ4n) is 2.12. The number of nitrogens with zero attached hydrogens (tertiary/aromatic N) is 1. The van der Waals surface area contributed by atoms with Crippen LogP contribution >= 0.6 is 0 Å². The van der Waals surface area contributed by atoms with Crippen LogP contribution in [0.5, 0.6) is 0 Å². The monoisotopic (exact) mass is 297 g/mol. The third-order valence-electron chi connectivity index (χ3n) is 3.30. The van der Waals surface area contributed by atoms with Crippen molar-refractivity contribution in [2.24, 2.45) is 5.73 Å². The highest BCUT2D eigenvalue weighted by atomic mass is 19.3. The van der Waals surface area contributed by atoms with Crippen molar-refractivity contribution in [3.05, 3.63) is 29.8 Å². The first-order valence-electron chi connectivity index (χ1n) is 6.69. The summed E-state index contributed by atoms with van der Waals surface area (Å²) in [5.74, 6) is -3.74. The lowest BCUT2D eigenvalue weighted by Crippen LogP contribution is -2.41. The summed E-state index contributed by atoms with van der Waals surface area (Å²) in [6.45, 7) is -1.03. The topological polar surface area (TPSA) is 75.4 Å². The molecule has 0 aliphatic carbocycles. The SMILES string of the molecule is NCC(F)(F)CNC(=O)c1cccc(N2CCCC2=O)c1. The second-order valence-corrected chi connectivity index (χ2v) is 4.94. The number of hydrogen-bond acceptors (Lipinski definition) is 3. The Bertz CT molecular complexity index is 549. The Morgan fingerprint density at radius 1 is 1.43 bits per heavy atom. The van der Waals surface area contributed by atoms with Crippen molar-refractivity contribution in [3.8, 4) is 0 Å². The lowest BCUT2D eigenvalue weighted by Gasteiger charge is -2.17. The molecule has 0 unspecified atom stereocenters. The van der Waals surface area contributed by atoms with Gasteiger partial charge in [0, 0.05) is 24.2 Å². The highest BCUT2D eigenvalue weighted by molar-refractivity contribution is 5.99. The summed E-state index contributed by atoms with van der Waals surface area (Å²) in [4.78, 5) is 25.1. The summed E-state index contributed by atoms with van der Waals surface area (Å²) in [6, 6.07) is 6.38. The number of anilines is 1. The van der Waals surface area contributed by atoms with Crippen molar-refractivity contribution in [1.29, 1.82) is 0 Å². The van der Waals surface area contributed by atoms with Gasteiger partial charge in [0.05, 0.1) is 13.1 Å². The van der Waals surface area contributed by atoms with Crippen molar-refractivity contribution in [1.82, 2.24) is 5.32 Å². The maximum Gasteiger partial charge on any atom is 0.277 e. The normalized spacial score (nSPS) is 15.4. The predicted octanol–water partition coefficient (Wildman–Crippen LogP) is 1.14. The van der Waals surface area contributed by atoms with Crippen molar-refractivity contribution in [3.63, 3.8) is 0 Å². The third-order valence-corrected chi connectivity index (χ3v) is 3.30. The fraction of sp³-hybridized carbons (Fsp3) is 0.429. The van der Waals surface area contributed by atoms with Crippen LogP contribution in [-0.2, 0) is 4.79 Å². The first kappa shape index (κ1) is 15.4. The predicted molar refractivity (Wildman–Crippen MR) is 74.4 cm³/mol. The zero-order chi connectivity index (χ0) is 15.5. The molecular weight excluding hydrogens is 280 g/mol. The van der Waals surface area contributed by atoms with E-state index in [0.29, 0.717) is 18.7 Å². The zero-order valence-electron chi connectivity index (χ0n) is 11.4. The van der Waals surface area contributed by atoms with Crippen molar-refractivity contribution < 1.29 is 18.4 Å². The van der Waals surface area contributed by atoms with Crippen LogP contribution in [0.3, 0.4) is 0 Å². The standard InChI is InChI=1S/C14H17F2N3O2/c15-14(16,8-17)9-18-13(21)10-3-1-4-11(7-10)19-6-2-5-12(19)20/h1,3-4,7H,2,5-6,8-9,17H2,(H,18,21). The number of carbonyl (C=O) groups is 2. The van der Waals surface area contributed by atoms with E-state index >= 15 is 0 Å². The van der Waals surface area contributed by atoms with Gasteiger partial charge in [-0.1, -0.05) is 6.07 Å². The first-order valence-corrected chi connectivity index (χ1v) is 6.69. The molecule has 3 N–H and O–H groups in total. The zero-order valence-corrected chi connectivity index (χ0v) is 11.4. The maximum absolute atomic E-state index is 13.0. The van der Waals surface area contributed by atoms with E-state index in [1.54, 1.807) is 17.0 Å². The van der Waals surface area contributed by atoms with E-state index in [1.807, 2.05) is 0 Å². The number of halogens is 2. The van der Waals surface area contributed by atoms with Gasteiger partial charge in [0.2, 0.25) is 5.91 Å². The minimum absolute atomic E-state index is 0.00206. The van der Waals surface area contributed by atoms with Gasteiger partial charge in [-0.15, -0.1) is 0 Å². The molecule has 5 nitrogen and oxygen atoms in total. The molecule has 0 spiro atoms. The van der Waals surface area contributed by atoms with Gasteiger partial charge < -0.3 is 16.0 Å². The minimum Gasteiger partial charge on any atom is -0.346 e. The molecule has 1 aromatic rings. The van der Waals surface area contributed by atoms with Gasteiger partial charge in [-0.2, -0.15) is 0 Å². The van der Waals surface area contributed by atoms with E-state index in [1.165, 1.54) is 12.1 Å². The number of benzene rings is 1. The van der Waals surface area contributed by atoms with Gasteiger partial charge in [0.15, 0.2) is 0 Å². The van der Waals surface area contributed by atoms with Crippen molar-refractivity contribution in [2.75, 3.05) is 24.5 Å². The van der Waals surface area contributed by atoms with Crippen molar-refractivity contribution in [2.45, 2.75) is 18.8 Å². The van der Waals surface area contributed by atoms with Crippen LogP contribution in [0.4, 0.5) is 14.5 Å². The summed E-state index contributed by atoms with van der Waals surface area (Å²) >= 11 is 0. The summed E-state index contributed by atoms with van der Waals surface area (Å²) in [5, 5.41) is 2.15. The molecule has 1 heterocycles. The van der Waals surface area contributed by atoms with Gasteiger partial charge >= 0.3 is 0 Å². The second-order valence-electron chi connectivity index (χ2n) is 4.94. The lowest BCUT2D eigenvalue weighted by molar-refractivity contribution is -0.117. The van der Waals surface area contributed by atoms with E-state index in [-0.39, 0.29) is 11.5 Å². The van der Waals surface area contributed by atoms with E-state index in [0.717, 1.165) is 6.42 Å². The summed E-state index contributed by atoms with van der Waals surface area (Å²) < 4.78 is 26.0. The van der Waals surface area contributed by atoms with Crippen LogP contribution < -0.4 is 16.0 Å². The number of amides is 2. The molecule has 0 bridgehead atoms. The smallest absolute Gasteiger partial charge is 0.277 e. The van der Waals surface area contributed by atoms with Crippen LogP contribution in [0.1, 0.15) is 23.2 Å². The molecule has 0 atom stereocenters. The Morgan fingerprint density at radius 3 is 2.81 bits per heavy atom. The van der Waals surface area contributed by atoms with Gasteiger partial charge in [0.1, 0.15) is 0 Å². The average Bonchev–Trinajstić information content (AvgIpc) is 2.91. The molecule has 1 aliphatic rings. The average molecular weight is 297 g/mol. The first-order chi connectivity index (χ1) is 9.93. The highest BCUT2D eigenvalue weighted by Crippen LogP contribution is 2.22. The van der Waals surface area contributed by atoms with E-state index in [9.17, 15) is 18.4 Å². The Morgan fingerprint density at radius 2 is 2.19 bits per heavy atom. The molecule has 1 fully saturated rings. The lowest BCUT2D eigenvalue weighted by atomic mass is 10.1. The molecular formula is C14H17F2N3O2. The summed E-state index contributed by atoms with van der Waals surface area (Å²) in [7, 11) is 0. The molecule has 1 aromatic carbocycles. The fourth-order valence-corrected chi connectivity index (χ4v) is 2.12. The number of nitrogens with one attached hydrogen (secondary N) is 1. The molecule has 7 heteroatoms. The number of nitrogens with two attached hydrogens (primary N) is 1. The summed E-state index contributed by atoms with van der Waals surface area (Å²) in [5.41, 5.74) is 5.75. The molecule has 2 amide bonds. The number of carbonyl (C=O) groups excluding carboxylic acids is 2. The number of alkyl halides is 2. The number of hydrogen-bond donors (Lipinski definition) is 2. The van der Waals surface area contributed by atoms with E-state index in [2.05, 4.69) is 5.32 Å². The van der Waals surface area contributed by atoms with Crippen molar-refractivity contribution >= 4 is 17.5 Å².